The molecule has 1 aromatic heterocycles. The predicted octanol–water partition coefficient (Wildman–Crippen LogP) is 3.67. The van der Waals surface area contributed by atoms with Crippen molar-refractivity contribution in [2.75, 3.05) is 13.6 Å². The SMILES string of the molecule is CCCCN(C)C(=O)CCc1ncc(-c2ccc(F)cc2)o1. The zero-order valence-corrected chi connectivity index (χ0v) is 13.0. The van der Waals surface area contributed by atoms with Gasteiger partial charge in [0.05, 0.1) is 6.20 Å². The lowest BCUT2D eigenvalue weighted by atomic mass is 10.2. The van der Waals surface area contributed by atoms with Gasteiger partial charge in [0.15, 0.2) is 11.7 Å². The van der Waals surface area contributed by atoms with E-state index in [0.717, 1.165) is 24.9 Å². The van der Waals surface area contributed by atoms with Crippen molar-refractivity contribution in [3.05, 3.63) is 42.2 Å². The number of amides is 1. The Bertz CT molecular complexity index is 607. The Morgan fingerprint density at radius 1 is 1.32 bits per heavy atom. The van der Waals surface area contributed by atoms with E-state index in [-0.39, 0.29) is 11.7 Å². The van der Waals surface area contributed by atoms with E-state index in [4.69, 9.17) is 4.42 Å². The second-order valence-electron chi connectivity index (χ2n) is 5.29. The average Bonchev–Trinajstić information content (AvgIpc) is 2.99. The van der Waals surface area contributed by atoms with Crippen LogP contribution in [-0.4, -0.2) is 29.4 Å². The molecule has 0 saturated carbocycles. The van der Waals surface area contributed by atoms with Gasteiger partial charge in [0, 0.05) is 32.0 Å². The number of aromatic nitrogens is 1. The van der Waals surface area contributed by atoms with E-state index in [9.17, 15) is 9.18 Å². The summed E-state index contributed by atoms with van der Waals surface area (Å²) in [7, 11) is 1.82. The predicted molar refractivity (Wildman–Crippen MR) is 82.8 cm³/mol. The molecule has 0 radical (unpaired) electrons. The molecule has 22 heavy (non-hydrogen) atoms. The van der Waals surface area contributed by atoms with E-state index in [2.05, 4.69) is 11.9 Å². The summed E-state index contributed by atoms with van der Waals surface area (Å²) in [6, 6.07) is 6.04. The monoisotopic (exact) mass is 304 g/mol. The number of carbonyl (C=O) groups excluding carboxylic acids is 1. The zero-order valence-electron chi connectivity index (χ0n) is 13.0. The Morgan fingerprint density at radius 3 is 2.73 bits per heavy atom. The van der Waals surface area contributed by atoms with Gasteiger partial charge in [0.1, 0.15) is 5.82 Å². The van der Waals surface area contributed by atoms with Gasteiger partial charge in [-0.05, 0) is 30.7 Å². The summed E-state index contributed by atoms with van der Waals surface area (Å²) < 4.78 is 18.5. The van der Waals surface area contributed by atoms with Gasteiger partial charge in [0.25, 0.3) is 0 Å². The molecule has 0 aliphatic carbocycles. The molecular formula is C17H21FN2O2. The molecule has 0 saturated heterocycles. The fourth-order valence-corrected chi connectivity index (χ4v) is 2.10. The minimum absolute atomic E-state index is 0.0926. The first kappa shape index (κ1) is 16.2. The quantitative estimate of drug-likeness (QED) is 0.784. The molecule has 1 heterocycles. The molecule has 5 heteroatoms. The summed E-state index contributed by atoms with van der Waals surface area (Å²) in [5.41, 5.74) is 0.770. The van der Waals surface area contributed by atoms with E-state index in [1.807, 2.05) is 7.05 Å². The van der Waals surface area contributed by atoms with Crippen LogP contribution >= 0.6 is 0 Å². The number of nitrogens with zero attached hydrogens (tertiary/aromatic N) is 2. The largest absolute Gasteiger partial charge is 0.441 e. The third kappa shape index (κ3) is 4.41. The van der Waals surface area contributed by atoms with Crippen molar-refractivity contribution in [2.45, 2.75) is 32.6 Å². The number of oxazole rings is 1. The van der Waals surface area contributed by atoms with E-state index < -0.39 is 0 Å². The highest BCUT2D eigenvalue weighted by molar-refractivity contribution is 5.76. The van der Waals surface area contributed by atoms with Crippen LogP contribution in [0.25, 0.3) is 11.3 Å². The number of rotatable bonds is 7. The van der Waals surface area contributed by atoms with Crippen LogP contribution in [0.15, 0.2) is 34.9 Å². The van der Waals surface area contributed by atoms with Crippen LogP contribution in [0.1, 0.15) is 32.1 Å². The van der Waals surface area contributed by atoms with Crippen molar-refractivity contribution in [3.8, 4) is 11.3 Å². The van der Waals surface area contributed by atoms with Gasteiger partial charge in [-0.2, -0.15) is 0 Å². The molecule has 2 rings (SSSR count). The summed E-state index contributed by atoms with van der Waals surface area (Å²) in [4.78, 5) is 17.9. The second-order valence-corrected chi connectivity index (χ2v) is 5.29. The Balaban J connectivity index is 1.89. The fourth-order valence-electron chi connectivity index (χ4n) is 2.10. The number of benzene rings is 1. The van der Waals surface area contributed by atoms with Crippen LogP contribution in [0.3, 0.4) is 0 Å². The average molecular weight is 304 g/mol. The number of halogens is 1. The highest BCUT2D eigenvalue weighted by Crippen LogP contribution is 2.21. The zero-order chi connectivity index (χ0) is 15.9. The van der Waals surface area contributed by atoms with Gasteiger partial charge < -0.3 is 9.32 Å². The van der Waals surface area contributed by atoms with E-state index in [0.29, 0.717) is 24.5 Å². The van der Waals surface area contributed by atoms with Gasteiger partial charge in [-0.1, -0.05) is 13.3 Å². The van der Waals surface area contributed by atoms with E-state index in [1.165, 1.54) is 12.1 Å². The normalized spacial score (nSPS) is 10.7. The summed E-state index contributed by atoms with van der Waals surface area (Å²) in [5, 5.41) is 0. The van der Waals surface area contributed by atoms with Crippen molar-refractivity contribution >= 4 is 5.91 Å². The van der Waals surface area contributed by atoms with Crippen LogP contribution in [0.2, 0.25) is 0 Å². The topological polar surface area (TPSA) is 46.3 Å². The number of hydrogen-bond donors (Lipinski definition) is 0. The Hall–Kier alpha value is -2.17. The molecule has 0 fully saturated rings. The maximum absolute atomic E-state index is 12.9. The van der Waals surface area contributed by atoms with Crippen LogP contribution in [-0.2, 0) is 11.2 Å². The van der Waals surface area contributed by atoms with Gasteiger partial charge in [-0.3, -0.25) is 4.79 Å². The summed E-state index contributed by atoms with van der Waals surface area (Å²) in [6.07, 6.45) is 4.53. The summed E-state index contributed by atoms with van der Waals surface area (Å²) >= 11 is 0. The van der Waals surface area contributed by atoms with Crippen molar-refractivity contribution in [2.24, 2.45) is 0 Å². The maximum atomic E-state index is 12.9. The molecule has 0 N–H and O–H groups in total. The minimum atomic E-state index is -0.288. The molecule has 118 valence electrons. The second kappa shape index (κ2) is 7.73. The van der Waals surface area contributed by atoms with Crippen LogP contribution in [0.5, 0.6) is 0 Å². The Morgan fingerprint density at radius 2 is 2.05 bits per heavy atom. The Labute approximate surface area is 130 Å². The van der Waals surface area contributed by atoms with Crippen molar-refractivity contribution < 1.29 is 13.6 Å². The first-order chi connectivity index (χ1) is 10.6. The van der Waals surface area contributed by atoms with Crippen molar-refractivity contribution in [1.82, 2.24) is 9.88 Å². The Kier molecular flexibility index (Phi) is 5.69. The summed E-state index contributed by atoms with van der Waals surface area (Å²) in [6.45, 7) is 2.88. The number of aryl methyl sites for hydroxylation is 1. The van der Waals surface area contributed by atoms with Gasteiger partial charge in [-0.25, -0.2) is 9.37 Å². The smallest absolute Gasteiger partial charge is 0.222 e. The number of hydrogen-bond acceptors (Lipinski definition) is 3. The lowest BCUT2D eigenvalue weighted by Gasteiger charge is -2.15. The number of unbranched alkanes of at least 4 members (excludes halogenated alkanes) is 1. The molecule has 1 amide bonds. The minimum Gasteiger partial charge on any atom is -0.441 e. The van der Waals surface area contributed by atoms with Crippen LogP contribution < -0.4 is 0 Å². The maximum Gasteiger partial charge on any atom is 0.222 e. The molecular weight excluding hydrogens is 283 g/mol. The van der Waals surface area contributed by atoms with Crippen molar-refractivity contribution in [1.29, 1.82) is 0 Å². The molecule has 2 aromatic rings. The first-order valence-corrected chi connectivity index (χ1v) is 7.54. The van der Waals surface area contributed by atoms with Crippen LogP contribution in [0, 0.1) is 5.82 Å². The molecule has 0 bridgehead atoms. The van der Waals surface area contributed by atoms with Gasteiger partial charge in [-0.15, -0.1) is 0 Å². The van der Waals surface area contributed by atoms with Crippen LogP contribution in [0.4, 0.5) is 4.39 Å². The molecule has 1 aromatic carbocycles. The third-order valence-electron chi connectivity index (χ3n) is 3.51. The fraction of sp³-hybridized carbons (Fsp3) is 0.412. The standard InChI is InChI=1S/C17H21FN2O2/c1-3-4-11-20(2)17(21)10-9-16-19-12-15(22-16)13-5-7-14(18)8-6-13/h5-8,12H,3-4,9-11H2,1-2H3. The number of carbonyl (C=O) groups is 1. The molecule has 4 nitrogen and oxygen atoms in total. The first-order valence-electron chi connectivity index (χ1n) is 7.54. The van der Waals surface area contributed by atoms with E-state index >= 15 is 0 Å². The molecule has 0 spiro atoms. The third-order valence-corrected chi connectivity index (χ3v) is 3.51. The lowest BCUT2D eigenvalue weighted by molar-refractivity contribution is -0.130. The molecule has 0 atom stereocenters. The summed E-state index contributed by atoms with van der Waals surface area (Å²) in [5.74, 6) is 0.914. The van der Waals surface area contributed by atoms with Crippen molar-refractivity contribution in [3.63, 3.8) is 0 Å². The highest BCUT2D eigenvalue weighted by atomic mass is 19.1. The van der Waals surface area contributed by atoms with E-state index in [1.54, 1.807) is 23.2 Å². The lowest BCUT2D eigenvalue weighted by Crippen LogP contribution is -2.27. The van der Waals surface area contributed by atoms with Gasteiger partial charge in [0.2, 0.25) is 5.91 Å². The van der Waals surface area contributed by atoms with Gasteiger partial charge >= 0.3 is 0 Å². The molecule has 0 unspecified atom stereocenters. The molecule has 0 aliphatic rings. The molecule has 0 aliphatic heterocycles. The highest BCUT2D eigenvalue weighted by Gasteiger charge is 2.11.